The predicted octanol–water partition coefficient (Wildman–Crippen LogP) is 4.66. The third kappa shape index (κ3) is 8.88. The van der Waals surface area contributed by atoms with Crippen LogP contribution in [0.2, 0.25) is 0 Å². The van der Waals surface area contributed by atoms with Crippen LogP contribution >= 0.6 is 0 Å². The van der Waals surface area contributed by atoms with E-state index in [1.54, 1.807) is 0 Å². The first-order valence-electron chi connectivity index (χ1n) is 12.7. The molecule has 0 saturated heterocycles. The van der Waals surface area contributed by atoms with E-state index >= 15 is 0 Å². The molecular formula is C31H32O7S. The minimum absolute atomic E-state index is 0.00286. The molecule has 4 rings (SSSR count). The number of carbonyl (C=O) groups is 1. The monoisotopic (exact) mass is 548 g/mol. The summed E-state index contributed by atoms with van der Waals surface area (Å²) in [6, 6.07) is 21.4. The Hall–Kier alpha value is -3.80. The fourth-order valence-corrected chi connectivity index (χ4v) is 4.84. The molecule has 3 aromatic carbocycles. The quantitative estimate of drug-likeness (QED) is 0.196. The summed E-state index contributed by atoms with van der Waals surface area (Å²) in [4.78, 5) is 11.6. The van der Waals surface area contributed by atoms with Gasteiger partial charge in [-0.2, -0.15) is 0 Å². The number of carbonyl (C=O) groups excluding carboxylic acids is 1. The molecule has 3 aromatic rings. The van der Waals surface area contributed by atoms with Crippen molar-refractivity contribution in [3.05, 3.63) is 94.5 Å². The molecule has 1 aliphatic rings. The third-order valence-electron chi connectivity index (χ3n) is 6.19. The zero-order chi connectivity index (χ0) is 27.7. The molecule has 0 spiro atoms. The summed E-state index contributed by atoms with van der Waals surface area (Å²) >= 11 is 0. The number of esters is 1. The number of ether oxygens (including phenoxy) is 4. The Morgan fingerprint density at radius 2 is 1.67 bits per heavy atom. The molecule has 7 nitrogen and oxygen atoms in total. The van der Waals surface area contributed by atoms with E-state index in [4.69, 9.17) is 18.9 Å². The van der Waals surface area contributed by atoms with Crippen molar-refractivity contribution in [2.24, 2.45) is 0 Å². The van der Waals surface area contributed by atoms with Gasteiger partial charge in [-0.15, -0.1) is 0 Å². The molecule has 0 aliphatic carbocycles. The summed E-state index contributed by atoms with van der Waals surface area (Å²) in [6.07, 6.45) is 2.01. The average Bonchev–Trinajstić information content (AvgIpc) is 3.32. The Morgan fingerprint density at radius 3 is 2.33 bits per heavy atom. The number of fused-ring (bicyclic) bond motifs is 1. The van der Waals surface area contributed by atoms with Crippen LogP contribution in [-0.4, -0.2) is 46.7 Å². The van der Waals surface area contributed by atoms with Crippen LogP contribution in [0.4, 0.5) is 0 Å². The smallest absolute Gasteiger partial charge is 0.306 e. The maximum absolute atomic E-state index is 11.6. The molecule has 0 radical (unpaired) electrons. The molecule has 39 heavy (non-hydrogen) atoms. The van der Waals surface area contributed by atoms with Gasteiger partial charge in [-0.1, -0.05) is 42.2 Å². The Balaban J connectivity index is 1.31. The highest BCUT2D eigenvalue weighted by molar-refractivity contribution is 7.90. The summed E-state index contributed by atoms with van der Waals surface area (Å²) in [5.41, 5.74) is 4.72. The molecule has 0 N–H and O–H groups in total. The van der Waals surface area contributed by atoms with Crippen molar-refractivity contribution >= 4 is 15.8 Å². The van der Waals surface area contributed by atoms with Crippen LogP contribution in [0, 0.1) is 11.8 Å². The van der Waals surface area contributed by atoms with Crippen molar-refractivity contribution in [1.29, 1.82) is 0 Å². The lowest BCUT2D eigenvalue weighted by atomic mass is 9.98. The molecular weight excluding hydrogens is 516 g/mol. The van der Waals surface area contributed by atoms with Crippen LogP contribution in [0.15, 0.2) is 66.7 Å². The van der Waals surface area contributed by atoms with E-state index in [-0.39, 0.29) is 17.6 Å². The van der Waals surface area contributed by atoms with Crippen molar-refractivity contribution in [1.82, 2.24) is 0 Å². The number of rotatable bonds is 11. The van der Waals surface area contributed by atoms with Gasteiger partial charge in [-0.3, -0.25) is 4.79 Å². The zero-order valence-corrected chi connectivity index (χ0v) is 23.0. The standard InChI is InChI=1S/C31H32O7S/c1-35-31(32)18-27-22-38-30-19-28(12-13-29(27)30)37-21-26-9-4-7-24(17-26)11-10-23-6-3-8-25(16-23)20-36-14-5-15-39(2,33)34/h3-4,6-9,12-13,16-17,19,27H,5,14-15,18,20-22H2,1-2H3. The van der Waals surface area contributed by atoms with E-state index in [2.05, 4.69) is 11.8 Å². The van der Waals surface area contributed by atoms with Crippen molar-refractivity contribution in [2.45, 2.75) is 32.0 Å². The largest absolute Gasteiger partial charge is 0.492 e. The van der Waals surface area contributed by atoms with E-state index in [1.165, 1.54) is 13.4 Å². The molecule has 1 unspecified atom stereocenters. The maximum Gasteiger partial charge on any atom is 0.306 e. The summed E-state index contributed by atoms with van der Waals surface area (Å²) in [7, 11) is -1.57. The predicted molar refractivity (Wildman–Crippen MR) is 148 cm³/mol. The highest BCUT2D eigenvalue weighted by atomic mass is 32.2. The lowest BCUT2D eigenvalue weighted by Gasteiger charge is -2.09. The first-order valence-corrected chi connectivity index (χ1v) is 14.8. The van der Waals surface area contributed by atoms with E-state index in [0.29, 0.717) is 45.0 Å². The first-order chi connectivity index (χ1) is 18.8. The molecule has 0 bridgehead atoms. The summed E-state index contributed by atoms with van der Waals surface area (Å²) in [5.74, 6) is 7.71. The minimum atomic E-state index is -2.96. The Morgan fingerprint density at radius 1 is 0.974 bits per heavy atom. The second-order valence-electron chi connectivity index (χ2n) is 9.46. The van der Waals surface area contributed by atoms with Gasteiger partial charge >= 0.3 is 5.97 Å². The molecule has 1 heterocycles. The molecule has 0 fully saturated rings. The number of sulfone groups is 1. The molecule has 0 amide bonds. The topological polar surface area (TPSA) is 88.1 Å². The molecule has 0 aromatic heterocycles. The van der Waals surface area contributed by atoms with Gasteiger partial charge in [0.1, 0.15) is 27.9 Å². The van der Waals surface area contributed by atoms with Gasteiger partial charge in [0, 0.05) is 41.5 Å². The van der Waals surface area contributed by atoms with Gasteiger partial charge in [-0.25, -0.2) is 8.42 Å². The Bertz CT molecular complexity index is 1470. The zero-order valence-electron chi connectivity index (χ0n) is 22.1. The van der Waals surface area contributed by atoms with Crippen LogP contribution in [0.1, 0.15) is 46.6 Å². The number of methoxy groups -OCH3 is 1. The maximum atomic E-state index is 11.6. The van der Waals surface area contributed by atoms with Crippen LogP contribution in [0.25, 0.3) is 0 Å². The van der Waals surface area contributed by atoms with E-state index in [1.807, 2.05) is 66.7 Å². The van der Waals surface area contributed by atoms with E-state index in [9.17, 15) is 13.2 Å². The van der Waals surface area contributed by atoms with E-state index in [0.717, 1.165) is 33.6 Å². The second-order valence-corrected chi connectivity index (χ2v) is 11.7. The minimum Gasteiger partial charge on any atom is -0.492 e. The summed E-state index contributed by atoms with van der Waals surface area (Å²) in [5, 5.41) is 0. The lowest BCUT2D eigenvalue weighted by molar-refractivity contribution is -0.141. The van der Waals surface area contributed by atoms with Crippen molar-refractivity contribution < 1.29 is 32.2 Å². The molecule has 204 valence electrons. The molecule has 8 heteroatoms. The SMILES string of the molecule is COC(=O)CC1COc2cc(OCc3cccc(C#Cc4cccc(COCCCS(C)(=O)=O)c4)c3)ccc21. The molecule has 1 aliphatic heterocycles. The van der Waals surface area contributed by atoms with Crippen LogP contribution in [0.3, 0.4) is 0 Å². The highest BCUT2D eigenvalue weighted by Gasteiger charge is 2.27. The van der Waals surface area contributed by atoms with Crippen LogP contribution < -0.4 is 9.47 Å². The lowest BCUT2D eigenvalue weighted by Crippen LogP contribution is -2.09. The molecule has 1 atom stereocenters. The van der Waals surface area contributed by atoms with E-state index < -0.39 is 9.84 Å². The first kappa shape index (κ1) is 28.2. The number of hydrogen-bond donors (Lipinski definition) is 0. The van der Waals surface area contributed by atoms with Gasteiger partial charge < -0.3 is 18.9 Å². The number of benzene rings is 3. The molecule has 0 saturated carbocycles. The van der Waals surface area contributed by atoms with Gasteiger partial charge in [0.15, 0.2) is 0 Å². The summed E-state index contributed by atoms with van der Waals surface area (Å²) in [6.45, 7) is 1.64. The van der Waals surface area contributed by atoms with Crippen molar-refractivity contribution in [3.8, 4) is 23.3 Å². The fourth-order valence-electron chi connectivity index (χ4n) is 4.20. The van der Waals surface area contributed by atoms with Crippen molar-refractivity contribution in [2.75, 3.05) is 32.3 Å². The van der Waals surface area contributed by atoms with Gasteiger partial charge in [0.25, 0.3) is 0 Å². The van der Waals surface area contributed by atoms with Gasteiger partial charge in [0.05, 0.1) is 32.5 Å². The van der Waals surface area contributed by atoms with Crippen molar-refractivity contribution in [3.63, 3.8) is 0 Å². The van der Waals surface area contributed by atoms with Crippen LogP contribution in [-0.2, 0) is 37.3 Å². The normalized spacial score (nSPS) is 14.1. The Labute approximate surface area is 230 Å². The third-order valence-corrected chi connectivity index (χ3v) is 7.22. The Kier molecular flexibility index (Phi) is 9.64. The highest BCUT2D eigenvalue weighted by Crippen LogP contribution is 2.38. The van der Waals surface area contributed by atoms with Crippen LogP contribution in [0.5, 0.6) is 11.5 Å². The number of hydrogen-bond acceptors (Lipinski definition) is 7. The average molecular weight is 549 g/mol. The second kappa shape index (κ2) is 13.3. The summed E-state index contributed by atoms with van der Waals surface area (Å²) < 4.78 is 44.6. The fraction of sp³-hybridized carbons (Fsp3) is 0.323. The van der Waals surface area contributed by atoms with Gasteiger partial charge in [0.2, 0.25) is 0 Å². The van der Waals surface area contributed by atoms with Gasteiger partial charge in [-0.05, 0) is 47.9 Å².